The van der Waals surface area contributed by atoms with Gasteiger partial charge in [0.15, 0.2) is 0 Å². The van der Waals surface area contributed by atoms with E-state index in [0.717, 1.165) is 6.08 Å². The molecule has 1 heterocycles. The fourth-order valence-electron chi connectivity index (χ4n) is 1.38. The summed E-state index contributed by atoms with van der Waals surface area (Å²) >= 11 is 4.06. The van der Waals surface area contributed by atoms with Gasteiger partial charge in [-0.3, -0.25) is 0 Å². The molecule has 1 atom stereocenters. The van der Waals surface area contributed by atoms with Gasteiger partial charge in [-0.25, -0.2) is 0 Å². The van der Waals surface area contributed by atoms with Crippen molar-refractivity contribution in [3.8, 4) is 0 Å². The van der Waals surface area contributed by atoms with Gasteiger partial charge in [-0.05, 0) is 18.6 Å². The van der Waals surface area contributed by atoms with Crippen molar-refractivity contribution in [2.45, 2.75) is 19.1 Å². The molecular formula is C11H12F3NS. The third kappa shape index (κ3) is 2.72. The summed E-state index contributed by atoms with van der Waals surface area (Å²) in [6.07, 6.45) is 1.47. The van der Waals surface area contributed by atoms with E-state index in [1.165, 1.54) is 6.08 Å². The van der Waals surface area contributed by atoms with Gasteiger partial charge in [-0.2, -0.15) is 13.2 Å². The second-order valence-corrected chi connectivity index (χ2v) is 3.74. The van der Waals surface area contributed by atoms with E-state index in [2.05, 4.69) is 24.5 Å². The number of allylic oxidation sites excluding steroid dienone is 3. The topological polar surface area (TPSA) is 12.0 Å². The van der Waals surface area contributed by atoms with Gasteiger partial charge in [-0.1, -0.05) is 18.2 Å². The SMILES string of the molecule is C=CC1NC(C(F)(F)F)=CC(S)=C1/C=C\C. The van der Waals surface area contributed by atoms with E-state index in [0.29, 0.717) is 10.5 Å². The first-order valence-corrected chi connectivity index (χ1v) is 5.08. The molecular weight excluding hydrogens is 235 g/mol. The monoisotopic (exact) mass is 247 g/mol. The molecule has 0 radical (unpaired) electrons. The van der Waals surface area contributed by atoms with Crippen LogP contribution in [0.4, 0.5) is 13.2 Å². The molecule has 0 aliphatic carbocycles. The Balaban J connectivity index is 3.17. The van der Waals surface area contributed by atoms with Crippen LogP contribution >= 0.6 is 12.6 Å². The highest BCUT2D eigenvalue weighted by molar-refractivity contribution is 7.84. The van der Waals surface area contributed by atoms with Gasteiger partial charge in [-0.15, -0.1) is 19.2 Å². The predicted octanol–water partition coefficient (Wildman–Crippen LogP) is 3.35. The summed E-state index contributed by atoms with van der Waals surface area (Å²) in [4.78, 5) is 0.300. The second-order valence-electron chi connectivity index (χ2n) is 3.25. The maximum Gasteiger partial charge on any atom is 0.430 e. The van der Waals surface area contributed by atoms with Crippen LogP contribution in [0.2, 0.25) is 0 Å². The zero-order valence-electron chi connectivity index (χ0n) is 8.67. The molecule has 0 spiro atoms. The molecule has 0 saturated heterocycles. The number of nitrogens with one attached hydrogen (secondary N) is 1. The van der Waals surface area contributed by atoms with Gasteiger partial charge in [0, 0.05) is 4.91 Å². The van der Waals surface area contributed by atoms with Gasteiger partial charge in [0.2, 0.25) is 0 Å². The quantitative estimate of drug-likeness (QED) is 0.563. The van der Waals surface area contributed by atoms with E-state index in [1.807, 2.05) is 0 Å². The standard InChI is InChI=1S/C11H12F3NS/c1-3-5-7-8(4-2)15-10(6-9(7)16)11(12,13)14/h3-6,8,15-16H,2H2,1H3/b5-3-. The van der Waals surface area contributed by atoms with Gasteiger partial charge < -0.3 is 5.32 Å². The minimum Gasteiger partial charge on any atom is -0.371 e. The summed E-state index contributed by atoms with van der Waals surface area (Å²) < 4.78 is 37.5. The number of halogens is 3. The average molecular weight is 247 g/mol. The average Bonchev–Trinajstić information content (AvgIpc) is 2.19. The van der Waals surface area contributed by atoms with Crippen molar-refractivity contribution >= 4 is 12.6 Å². The molecule has 1 unspecified atom stereocenters. The molecule has 1 rings (SSSR count). The smallest absolute Gasteiger partial charge is 0.371 e. The van der Waals surface area contributed by atoms with Crippen LogP contribution < -0.4 is 5.32 Å². The van der Waals surface area contributed by atoms with Crippen LogP contribution in [0.5, 0.6) is 0 Å². The van der Waals surface area contributed by atoms with Crippen LogP contribution in [0.3, 0.4) is 0 Å². The number of rotatable bonds is 2. The maximum absolute atomic E-state index is 12.5. The van der Waals surface area contributed by atoms with E-state index in [1.54, 1.807) is 19.1 Å². The molecule has 5 heteroatoms. The normalized spacial score (nSPS) is 22.1. The van der Waals surface area contributed by atoms with Gasteiger partial charge in [0.25, 0.3) is 0 Å². The maximum atomic E-state index is 12.5. The molecule has 0 aromatic rings. The van der Waals surface area contributed by atoms with Crippen molar-refractivity contribution in [1.82, 2.24) is 5.32 Å². The van der Waals surface area contributed by atoms with Crippen molar-refractivity contribution in [2.75, 3.05) is 0 Å². The van der Waals surface area contributed by atoms with Crippen molar-refractivity contribution in [1.29, 1.82) is 0 Å². The van der Waals surface area contributed by atoms with E-state index >= 15 is 0 Å². The Kier molecular flexibility index (Phi) is 3.91. The van der Waals surface area contributed by atoms with E-state index in [4.69, 9.17) is 0 Å². The van der Waals surface area contributed by atoms with Crippen LogP contribution in [-0.4, -0.2) is 12.2 Å². The summed E-state index contributed by atoms with van der Waals surface area (Å²) in [5.74, 6) is 0. The number of alkyl halides is 3. The fourth-order valence-corrected chi connectivity index (χ4v) is 1.73. The minimum atomic E-state index is -4.39. The van der Waals surface area contributed by atoms with Gasteiger partial charge in [0.05, 0.1) is 6.04 Å². The Labute approximate surface area is 97.8 Å². The Morgan fingerprint density at radius 2 is 2.12 bits per heavy atom. The zero-order valence-corrected chi connectivity index (χ0v) is 9.57. The van der Waals surface area contributed by atoms with Crippen LogP contribution in [0.1, 0.15) is 6.92 Å². The largest absolute Gasteiger partial charge is 0.430 e. The van der Waals surface area contributed by atoms with Gasteiger partial charge >= 0.3 is 6.18 Å². The minimum absolute atomic E-state index is 0.300. The van der Waals surface area contributed by atoms with Crippen molar-refractivity contribution in [2.24, 2.45) is 0 Å². The van der Waals surface area contributed by atoms with Crippen LogP contribution in [0, 0.1) is 0 Å². The molecule has 1 N–H and O–H groups in total. The van der Waals surface area contributed by atoms with Crippen molar-refractivity contribution in [3.63, 3.8) is 0 Å². The van der Waals surface area contributed by atoms with Crippen LogP contribution in [-0.2, 0) is 0 Å². The summed E-state index contributed by atoms with van der Waals surface area (Å²) in [6.45, 7) is 5.30. The summed E-state index contributed by atoms with van der Waals surface area (Å²) in [7, 11) is 0. The lowest BCUT2D eigenvalue weighted by Crippen LogP contribution is -2.37. The molecule has 0 fully saturated rings. The lowest BCUT2D eigenvalue weighted by atomic mass is 10.0. The molecule has 0 aromatic heterocycles. The third-order valence-electron chi connectivity index (χ3n) is 2.11. The van der Waals surface area contributed by atoms with E-state index < -0.39 is 17.9 Å². The Hall–Kier alpha value is -1.10. The highest BCUT2D eigenvalue weighted by atomic mass is 32.1. The summed E-state index contributed by atoms with van der Waals surface area (Å²) in [5.41, 5.74) is -0.121. The molecule has 88 valence electrons. The van der Waals surface area contributed by atoms with Crippen molar-refractivity contribution < 1.29 is 13.2 Å². The molecule has 0 bridgehead atoms. The highest BCUT2D eigenvalue weighted by Crippen LogP contribution is 2.31. The molecule has 0 saturated carbocycles. The highest BCUT2D eigenvalue weighted by Gasteiger charge is 2.37. The molecule has 1 nitrogen and oxygen atoms in total. The molecule has 1 aliphatic rings. The first kappa shape index (κ1) is 13.0. The fraction of sp³-hybridized carbons (Fsp3) is 0.273. The lowest BCUT2D eigenvalue weighted by molar-refractivity contribution is -0.0972. The first-order chi connectivity index (χ1) is 7.40. The number of hydrogen-bond acceptors (Lipinski definition) is 2. The Morgan fingerprint density at radius 1 is 1.50 bits per heavy atom. The first-order valence-electron chi connectivity index (χ1n) is 4.64. The molecule has 1 aliphatic heterocycles. The predicted molar refractivity (Wildman–Crippen MR) is 62.1 cm³/mol. The second kappa shape index (κ2) is 4.82. The molecule has 16 heavy (non-hydrogen) atoms. The van der Waals surface area contributed by atoms with Gasteiger partial charge in [0.1, 0.15) is 5.70 Å². The Morgan fingerprint density at radius 3 is 2.56 bits per heavy atom. The molecule has 0 amide bonds. The summed E-state index contributed by atoms with van der Waals surface area (Å²) in [6, 6.07) is -0.565. The van der Waals surface area contributed by atoms with Crippen LogP contribution in [0.25, 0.3) is 0 Å². The zero-order chi connectivity index (χ0) is 12.3. The number of dihydropyridines is 1. The van der Waals surface area contributed by atoms with Crippen molar-refractivity contribution in [3.05, 3.63) is 47.1 Å². The summed E-state index contributed by atoms with van der Waals surface area (Å²) in [5, 5.41) is 2.37. The Bertz CT molecular complexity index is 377. The van der Waals surface area contributed by atoms with E-state index in [-0.39, 0.29) is 0 Å². The third-order valence-corrected chi connectivity index (χ3v) is 2.50. The number of hydrogen-bond donors (Lipinski definition) is 2. The lowest BCUT2D eigenvalue weighted by Gasteiger charge is -2.26. The molecule has 0 aromatic carbocycles. The number of thiol groups is 1. The van der Waals surface area contributed by atoms with Crippen LogP contribution in [0.15, 0.2) is 47.1 Å². The van der Waals surface area contributed by atoms with E-state index in [9.17, 15) is 13.2 Å².